The van der Waals surface area contributed by atoms with Crippen molar-refractivity contribution in [1.82, 2.24) is 0 Å². The quantitative estimate of drug-likeness (QED) is 0.521. The summed E-state index contributed by atoms with van der Waals surface area (Å²) in [5, 5.41) is 0. The molecule has 0 aliphatic rings. The smallest absolute Gasteiger partial charge is 0.306 e. The third kappa shape index (κ3) is 6.34. The van der Waals surface area contributed by atoms with E-state index in [4.69, 9.17) is 10.5 Å². The summed E-state index contributed by atoms with van der Waals surface area (Å²) >= 11 is 0. The van der Waals surface area contributed by atoms with E-state index < -0.39 is 0 Å². The van der Waals surface area contributed by atoms with E-state index in [2.05, 4.69) is 0 Å². The molecule has 0 aromatic carbocycles. The second kappa shape index (κ2) is 6.66. The van der Waals surface area contributed by atoms with E-state index >= 15 is 0 Å². The van der Waals surface area contributed by atoms with E-state index in [9.17, 15) is 4.79 Å². The first kappa shape index (κ1) is 12.2. The monoisotopic (exact) mass is 185 g/mol. The van der Waals surface area contributed by atoms with Crippen molar-refractivity contribution < 1.29 is 9.53 Å². The van der Waals surface area contributed by atoms with Crippen LogP contribution in [0.5, 0.6) is 0 Å². The SMILES string of the molecule is CCOC(=O)C[C@@H](C=C(C)C)CN. The summed E-state index contributed by atoms with van der Waals surface area (Å²) in [6, 6.07) is 0. The van der Waals surface area contributed by atoms with Gasteiger partial charge in [0, 0.05) is 0 Å². The summed E-state index contributed by atoms with van der Waals surface area (Å²) in [6.45, 7) is 6.72. The number of rotatable bonds is 5. The van der Waals surface area contributed by atoms with Crippen LogP contribution >= 0.6 is 0 Å². The Bertz CT molecular complexity index is 183. The Labute approximate surface area is 79.9 Å². The largest absolute Gasteiger partial charge is 0.466 e. The van der Waals surface area contributed by atoms with E-state index in [1.54, 1.807) is 6.92 Å². The van der Waals surface area contributed by atoms with Gasteiger partial charge in [0.25, 0.3) is 0 Å². The van der Waals surface area contributed by atoms with Gasteiger partial charge in [0.05, 0.1) is 13.0 Å². The fourth-order valence-electron chi connectivity index (χ4n) is 1.12. The van der Waals surface area contributed by atoms with E-state index in [0.29, 0.717) is 19.6 Å². The first-order chi connectivity index (χ1) is 6.10. The fraction of sp³-hybridized carbons (Fsp3) is 0.700. The molecule has 3 heteroatoms. The highest BCUT2D eigenvalue weighted by Crippen LogP contribution is 2.07. The molecule has 0 spiro atoms. The van der Waals surface area contributed by atoms with Crippen molar-refractivity contribution in [2.45, 2.75) is 27.2 Å². The number of nitrogens with two attached hydrogens (primary N) is 1. The summed E-state index contributed by atoms with van der Waals surface area (Å²) in [5.41, 5.74) is 6.69. The Morgan fingerprint density at radius 3 is 2.54 bits per heavy atom. The first-order valence-corrected chi connectivity index (χ1v) is 4.60. The van der Waals surface area contributed by atoms with E-state index in [1.807, 2.05) is 19.9 Å². The molecule has 0 aliphatic carbocycles. The van der Waals surface area contributed by atoms with Gasteiger partial charge >= 0.3 is 5.97 Å². The van der Waals surface area contributed by atoms with Crippen LogP contribution in [0, 0.1) is 5.92 Å². The summed E-state index contributed by atoms with van der Waals surface area (Å²) in [6.07, 6.45) is 2.40. The molecule has 0 aromatic rings. The first-order valence-electron chi connectivity index (χ1n) is 4.60. The Kier molecular flexibility index (Phi) is 6.24. The zero-order valence-electron chi connectivity index (χ0n) is 8.67. The Morgan fingerprint density at radius 1 is 1.54 bits per heavy atom. The average molecular weight is 185 g/mol. The van der Waals surface area contributed by atoms with Gasteiger partial charge in [-0.15, -0.1) is 0 Å². The summed E-state index contributed by atoms with van der Waals surface area (Å²) in [4.78, 5) is 11.1. The molecule has 3 nitrogen and oxygen atoms in total. The molecular formula is C10H19NO2. The lowest BCUT2D eigenvalue weighted by molar-refractivity contribution is -0.143. The molecule has 0 heterocycles. The summed E-state index contributed by atoms with van der Waals surface area (Å²) in [7, 11) is 0. The molecule has 0 unspecified atom stereocenters. The van der Waals surface area contributed by atoms with Crippen LogP contribution in [-0.2, 0) is 9.53 Å². The molecule has 0 amide bonds. The topological polar surface area (TPSA) is 52.3 Å². The lowest BCUT2D eigenvalue weighted by atomic mass is 10.0. The van der Waals surface area contributed by atoms with Crippen LogP contribution in [0.3, 0.4) is 0 Å². The van der Waals surface area contributed by atoms with Gasteiger partial charge in [-0.3, -0.25) is 4.79 Å². The minimum Gasteiger partial charge on any atom is -0.466 e. The second-order valence-corrected chi connectivity index (χ2v) is 3.25. The summed E-state index contributed by atoms with van der Waals surface area (Å²) < 4.78 is 4.83. The zero-order chi connectivity index (χ0) is 10.3. The third-order valence-electron chi connectivity index (χ3n) is 1.61. The number of hydrogen-bond acceptors (Lipinski definition) is 3. The molecule has 1 atom stereocenters. The molecule has 0 aromatic heterocycles. The molecule has 0 fully saturated rings. The van der Waals surface area contributed by atoms with Crippen LogP contribution in [0.15, 0.2) is 11.6 Å². The van der Waals surface area contributed by atoms with Gasteiger partial charge in [-0.05, 0) is 33.2 Å². The van der Waals surface area contributed by atoms with Crippen molar-refractivity contribution in [1.29, 1.82) is 0 Å². The molecule has 0 saturated heterocycles. The third-order valence-corrected chi connectivity index (χ3v) is 1.61. The van der Waals surface area contributed by atoms with Gasteiger partial charge in [-0.1, -0.05) is 11.6 Å². The molecule has 13 heavy (non-hydrogen) atoms. The van der Waals surface area contributed by atoms with Gasteiger partial charge in [0.1, 0.15) is 0 Å². The Morgan fingerprint density at radius 2 is 2.15 bits per heavy atom. The maximum atomic E-state index is 11.1. The van der Waals surface area contributed by atoms with E-state index in [-0.39, 0.29) is 11.9 Å². The molecule has 0 saturated carbocycles. The van der Waals surface area contributed by atoms with Crippen LogP contribution in [0.1, 0.15) is 27.2 Å². The molecule has 76 valence electrons. The number of allylic oxidation sites excluding steroid dienone is 1. The normalized spacial score (nSPS) is 12.0. The minimum atomic E-state index is -0.171. The maximum Gasteiger partial charge on any atom is 0.306 e. The van der Waals surface area contributed by atoms with Crippen molar-refractivity contribution in [2.75, 3.05) is 13.2 Å². The molecular weight excluding hydrogens is 166 g/mol. The lowest BCUT2D eigenvalue weighted by Crippen LogP contribution is -2.18. The number of esters is 1. The Balaban J connectivity index is 3.98. The van der Waals surface area contributed by atoms with Crippen LogP contribution in [0.2, 0.25) is 0 Å². The van der Waals surface area contributed by atoms with Gasteiger partial charge in [0.15, 0.2) is 0 Å². The van der Waals surface area contributed by atoms with Crippen molar-refractivity contribution in [3.8, 4) is 0 Å². The van der Waals surface area contributed by atoms with Crippen LogP contribution in [0.25, 0.3) is 0 Å². The highest BCUT2D eigenvalue weighted by atomic mass is 16.5. The van der Waals surface area contributed by atoms with Gasteiger partial charge in [-0.25, -0.2) is 0 Å². The van der Waals surface area contributed by atoms with Crippen molar-refractivity contribution in [3.63, 3.8) is 0 Å². The average Bonchev–Trinajstić information content (AvgIpc) is 2.02. The van der Waals surface area contributed by atoms with Crippen LogP contribution in [0.4, 0.5) is 0 Å². The Hall–Kier alpha value is -0.830. The van der Waals surface area contributed by atoms with Gasteiger partial charge in [0.2, 0.25) is 0 Å². The van der Waals surface area contributed by atoms with Gasteiger partial charge in [-0.2, -0.15) is 0 Å². The van der Waals surface area contributed by atoms with E-state index in [1.165, 1.54) is 5.57 Å². The number of carbonyl (C=O) groups excluding carboxylic acids is 1. The summed E-state index contributed by atoms with van der Waals surface area (Å²) in [5.74, 6) is -0.0560. The van der Waals surface area contributed by atoms with Crippen LogP contribution < -0.4 is 5.73 Å². The van der Waals surface area contributed by atoms with Gasteiger partial charge < -0.3 is 10.5 Å². The number of ether oxygens (including phenoxy) is 1. The van der Waals surface area contributed by atoms with Crippen molar-refractivity contribution in [2.24, 2.45) is 11.7 Å². The molecule has 2 N–H and O–H groups in total. The maximum absolute atomic E-state index is 11.1. The molecule has 0 bridgehead atoms. The molecule has 0 rings (SSSR count). The standard InChI is InChI=1S/C10H19NO2/c1-4-13-10(12)6-9(7-11)5-8(2)3/h5,9H,4,6-7,11H2,1-3H3/t9-/m1/s1. The predicted molar refractivity (Wildman–Crippen MR) is 53.2 cm³/mol. The minimum absolute atomic E-state index is 0.115. The van der Waals surface area contributed by atoms with Crippen molar-refractivity contribution >= 4 is 5.97 Å². The number of carbonyl (C=O) groups is 1. The molecule has 0 aliphatic heterocycles. The fourth-order valence-corrected chi connectivity index (χ4v) is 1.12. The second-order valence-electron chi connectivity index (χ2n) is 3.25. The van der Waals surface area contributed by atoms with E-state index in [0.717, 1.165) is 0 Å². The predicted octanol–water partition coefficient (Wildman–Crippen LogP) is 1.48. The number of hydrogen-bond donors (Lipinski definition) is 1. The highest BCUT2D eigenvalue weighted by Gasteiger charge is 2.10. The highest BCUT2D eigenvalue weighted by molar-refractivity contribution is 5.69. The lowest BCUT2D eigenvalue weighted by Gasteiger charge is -2.09. The van der Waals surface area contributed by atoms with Crippen molar-refractivity contribution in [3.05, 3.63) is 11.6 Å². The van der Waals surface area contributed by atoms with Crippen LogP contribution in [-0.4, -0.2) is 19.1 Å². The molecule has 0 radical (unpaired) electrons. The zero-order valence-corrected chi connectivity index (χ0v) is 8.67.